The fourth-order valence-corrected chi connectivity index (χ4v) is 0.502. The summed E-state index contributed by atoms with van der Waals surface area (Å²) in [4.78, 5) is 12.1. The van der Waals surface area contributed by atoms with E-state index in [4.69, 9.17) is 11.5 Å². The van der Waals surface area contributed by atoms with E-state index in [1.807, 2.05) is 0 Å². The van der Waals surface area contributed by atoms with Crippen LogP contribution in [0.4, 0.5) is 0 Å². The molecule has 9 heavy (non-hydrogen) atoms. The van der Waals surface area contributed by atoms with Gasteiger partial charge >= 0.3 is 0 Å². The molecule has 0 fully saturated rings. The van der Waals surface area contributed by atoms with Crippen molar-refractivity contribution >= 4 is 5.91 Å². The Morgan fingerprint density at radius 3 is 2.00 bits per heavy atom. The maximum absolute atomic E-state index is 10.7. The largest absolute Gasteiger partial charge is 0.318 e. The molecule has 0 rings (SSSR count). The molecule has 0 unspecified atom stereocenters. The van der Waals surface area contributed by atoms with Gasteiger partial charge < -0.3 is 16.4 Å². The molecular weight excluding hydrogens is 118 g/mol. The molecule has 0 bridgehead atoms. The summed E-state index contributed by atoms with van der Waals surface area (Å²) in [7, 11) is 0. The Balaban J connectivity index is 3.64. The molecule has 0 heterocycles. The minimum Gasteiger partial charge on any atom is -0.318 e. The maximum Gasteiger partial charge on any atom is 0.224 e. The Labute approximate surface area is 54.8 Å². The van der Waals surface area contributed by atoms with Gasteiger partial charge in [-0.25, -0.2) is 0 Å². The molecule has 1 amide bonds. The Morgan fingerprint density at radius 2 is 1.89 bits per heavy atom. The zero-order valence-electron chi connectivity index (χ0n) is 5.63. The third-order valence-corrected chi connectivity index (χ3v) is 1.10. The molecular formula is C5H13N3O. The monoisotopic (exact) mass is 131 g/mol. The van der Waals surface area contributed by atoms with Crippen LogP contribution in [0, 0.1) is 0 Å². The lowest BCUT2D eigenvalue weighted by atomic mass is 10.4. The zero-order valence-corrected chi connectivity index (χ0v) is 5.63. The normalized spacial score (nSPS) is 9.22. The average molecular weight is 131 g/mol. The second-order valence-electron chi connectivity index (χ2n) is 1.65. The highest BCUT2D eigenvalue weighted by Crippen LogP contribution is 1.86. The van der Waals surface area contributed by atoms with Crippen molar-refractivity contribution in [2.45, 2.75) is 13.3 Å². The average Bonchev–Trinajstić information content (AvgIpc) is 1.90. The highest BCUT2D eigenvalue weighted by atomic mass is 16.2. The lowest BCUT2D eigenvalue weighted by molar-refractivity contribution is -0.130. The van der Waals surface area contributed by atoms with E-state index >= 15 is 0 Å². The molecule has 4 heteroatoms. The van der Waals surface area contributed by atoms with Gasteiger partial charge in [0, 0.05) is 6.42 Å². The third-order valence-electron chi connectivity index (χ3n) is 1.10. The van der Waals surface area contributed by atoms with Crippen LogP contribution < -0.4 is 11.5 Å². The minimum atomic E-state index is 0.000000000000000666. The summed E-state index contributed by atoms with van der Waals surface area (Å²) in [6, 6.07) is 0. The number of amides is 1. The van der Waals surface area contributed by atoms with E-state index in [9.17, 15) is 4.79 Å². The van der Waals surface area contributed by atoms with Crippen LogP contribution in [-0.4, -0.2) is 24.1 Å². The van der Waals surface area contributed by atoms with E-state index in [2.05, 4.69) is 0 Å². The van der Waals surface area contributed by atoms with Crippen LogP contribution in [-0.2, 0) is 4.79 Å². The number of carbonyl (C=O) groups excluding carboxylic acids is 1. The van der Waals surface area contributed by atoms with Crippen LogP contribution in [0.3, 0.4) is 0 Å². The van der Waals surface area contributed by atoms with Gasteiger partial charge in [-0.1, -0.05) is 6.92 Å². The summed E-state index contributed by atoms with van der Waals surface area (Å²) in [6.07, 6.45) is 0.467. The third kappa shape index (κ3) is 2.43. The number of hydrogen-bond acceptors (Lipinski definition) is 3. The second kappa shape index (κ2) is 4.29. The second-order valence-corrected chi connectivity index (χ2v) is 1.65. The van der Waals surface area contributed by atoms with Crippen LogP contribution in [0.15, 0.2) is 0 Å². The SMILES string of the molecule is CCC(=O)N(CN)CN. The first-order chi connectivity index (χ1) is 4.26. The molecule has 0 aromatic carbocycles. The topological polar surface area (TPSA) is 72.3 Å². The Hall–Kier alpha value is -0.610. The van der Waals surface area contributed by atoms with Gasteiger partial charge in [0.25, 0.3) is 0 Å². The summed E-state index contributed by atoms with van der Waals surface area (Å²) in [5.41, 5.74) is 10.4. The molecule has 54 valence electrons. The molecule has 0 saturated heterocycles. The van der Waals surface area contributed by atoms with E-state index in [1.54, 1.807) is 6.92 Å². The molecule has 0 radical (unpaired) electrons. The van der Waals surface area contributed by atoms with Gasteiger partial charge in [-0.2, -0.15) is 0 Å². The zero-order chi connectivity index (χ0) is 7.28. The van der Waals surface area contributed by atoms with E-state index in [1.165, 1.54) is 4.90 Å². The van der Waals surface area contributed by atoms with Crippen molar-refractivity contribution in [1.82, 2.24) is 4.90 Å². The Morgan fingerprint density at radius 1 is 1.44 bits per heavy atom. The first kappa shape index (κ1) is 8.39. The van der Waals surface area contributed by atoms with Crippen molar-refractivity contribution in [3.05, 3.63) is 0 Å². The highest BCUT2D eigenvalue weighted by molar-refractivity contribution is 5.75. The van der Waals surface area contributed by atoms with E-state index in [-0.39, 0.29) is 19.2 Å². The van der Waals surface area contributed by atoms with Crippen molar-refractivity contribution in [2.24, 2.45) is 11.5 Å². The van der Waals surface area contributed by atoms with E-state index < -0.39 is 0 Å². The van der Waals surface area contributed by atoms with E-state index in [0.717, 1.165) is 0 Å². The van der Waals surface area contributed by atoms with E-state index in [0.29, 0.717) is 6.42 Å². The lowest BCUT2D eigenvalue weighted by Crippen LogP contribution is -2.39. The van der Waals surface area contributed by atoms with Crippen molar-refractivity contribution in [3.63, 3.8) is 0 Å². The fraction of sp³-hybridized carbons (Fsp3) is 0.800. The van der Waals surface area contributed by atoms with Crippen molar-refractivity contribution in [2.75, 3.05) is 13.3 Å². The number of carbonyl (C=O) groups is 1. The minimum absolute atomic E-state index is 0.000000000000000666. The van der Waals surface area contributed by atoms with Gasteiger partial charge in [0.05, 0.1) is 13.3 Å². The fourth-order valence-electron chi connectivity index (χ4n) is 0.502. The predicted octanol–water partition coefficient (Wildman–Crippen LogP) is -0.943. The summed E-state index contributed by atoms with van der Waals surface area (Å²) in [5.74, 6) is 0.000000000000000666. The lowest BCUT2D eigenvalue weighted by Gasteiger charge is -2.16. The number of hydrogen-bond donors (Lipinski definition) is 2. The summed E-state index contributed by atoms with van der Waals surface area (Å²) < 4.78 is 0. The summed E-state index contributed by atoms with van der Waals surface area (Å²) in [6.45, 7) is 2.20. The molecule has 0 saturated carbocycles. The summed E-state index contributed by atoms with van der Waals surface area (Å²) in [5, 5.41) is 0. The van der Waals surface area contributed by atoms with Crippen molar-refractivity contribution in [1.29, 1.82) is 0 Å². The number of rotatable bonds is 3. The van der Waals surface area contributed by atoms with Gasteiger partial charge in [-0.15, -0.1) is 0 Å². The van der Waals surface area contributed by atoms with Gasteiger partial charge in [-0.3, -0.25) is 4.79 Å². The van der Waals surface area contributed by atoms with Crippen LogP contribution in [0.25, 0.3) is 0 Å². The molecule has 4 nitrogen and oxygen atoms in total. The molecule has 0 atom stereocenters. The van der Waals surface area contributed by atoms with Crippen LogP contribution in [0.1, 0.15) is 13.3 Å². The molecule has 0 aliphatic carbocycles. The van der Waals surface area contributed by atoms with Crippen LogP contribution >= 0.6 is 0 Å². The Kier molecular flexibility index (Phi) is 4.00. The van der Waals surface area contributed by atoms with Crippen molar-refractivity contribution < 1.29 is 4.79 Å². The number of nitrogens with two attached hydrogens (primary N) is 2. The predicted molar refractivity (Wildman–Crippen MR) is 35.2 cm³/mol. The summed E-state index contributed by atoms with van der Waals surface area (Å²) >= 11 is 0. The molecule has 0 aliphatic rings. The highest BCUT2D eigenvalue weighted by Gasteiger charge is 2.04. The molecule has 0 aromatic rings. The van der Waals surface area contributed by atoms with Crippen LogP contribution in [0.2, 0.25) is 0 Å². The van der Waals surface area contributed by atoms with Gasteiger partial charge in [-0.05, 0) is 0 Å². The smallest absolute Gasteiger partial charge is 0.224 e. The van der Waals surface area contributed by atoms with Gasteiger partial charge in [0.2, 0.25) is 5.91 Å². The Bertz CT molecular complexity index is 90.2. The molecule has 0 aliphatic heterocycles. The van der Waals surface area contributed by atoms with Gasteiger partial charge in [0.15, 0.2) is 0 Å². The standard InChI is InChI=1S/C5H13N3O/c1-2-5(9)8(3-6)4-7/h2-4,6-7H2,1H3. The first-order valence-corrected chi connectivity index (χ1v) is 2.94. The molecule has 4 N–H and O–H groups in total. The quantitative estimate of drug-likeness (QED) is 0.485. The molecule has 0 spiro atoms. The van der Waals surface area contributed by atoms with Gasteiger partial charge in [0.1, 0.15) is 0 Å². The van der Waals surface area contributed by atoms with Crippen molar-refractivity contribution in [3.8, 4) is 0 Å². The first-order valence-electron chi connectivity index (χ1n) is 2.94. The number of nitrogens with zero attached hydrogens (tertiary/aromatic N) is 1. The maximum atomic E-state index is 10.7. The molecule has 0 aromatic heterocycles. The van der Waals surface area contributed by atoms with Crippen LogP contribution in [0.5, 0.6) is 0 Å².